The van der Waals surface area contributed by atoms with E-state index in [0.717, 1.165) is 32.1 Å². The van der Waals surface area contributed by atoms with E-state index < -0.39 is 19.0 Å². The largest absolute Gasteiger partial charge is 0.547 e. The Morgan fingerprint density at radius 3 is 2.66 bits per heavy atom. The highest BCUT2D eigenvalue weighted by atomic mass is 16.5. The van der Waals surface area contributed by atoms with Crippen molar-refractivity contribution in [2.24, 2.45) is 23.3 Å². The monoisotopic (exact) mass is 403 g/mol. The van der Waals surface area contributed by atoms with E-state index in [1.54, 1.807) is 12.1 Å². The molecule has 0 radical (unpaired) electrons. The van der Waals surface area contributed by atoms with Gasteiger partial charge in [0, 0.05) is 12.5 Å². The lowest BCUT2D eigenvalue weighted by Crippen LogP contribution is -2.53. The lowest BCUT2D eigenvalue weighted by molar-refractivity contribution is -0.122. The van der Waals surface area contributed by atoms with Crippen LogP contribution in [0.2, 0.25) is 0 Å². The molecule has 1 unspecified atom stereocenters. The summed E-state index contributed by atoms with van der Waals surface area (Å²) in [5, 5.41) is 22.4. The standard InChI is InChI=1S/C20H30BN3O5/c22-9-8-16(23)13-6-4-12(5-7-13)10-18(25)24-17-11-14-2-1-3-15(20(26)27)19(14)29-21(17)28/h1-3,12-13,16-17,28H,4-11,22-23H2,(H,24,25)(H,26,27)/t12?,13?,16?,17-/m0/s1. The zero-order chi connectivity index (χ0) is 21.0. The Hall–Kier alpha value is -2.10. The number of amides is 1. The Labute approximate surface area is 171 Å². The molecule has 1 aliphatic heterocycles. The van der Waals surface area contributed by atoms with Gasteiger partial charge in [0.1, 0.15) is 5.75 Å². The lowest BCUT2D eigenvalue weighted by Gasteiger charge is -2.32. The minimum atomic E-state index is -1.28. The maximum atomic E-state index is 12.5. The molecule has 2 atom stereocenters. The second kappa shape index (κ2) is 9.60. The molecule has 1 aromatic rings. The summed E-state index contributed by atoms with van der Waals surface area (Å²) in [6.45, 7) is 0.604. The van der Waals surface area contributed by atoms with Crippen molar-refractivity contribution in [3.63, 3.8) is 0 Å². The molecule has 9 heteroatoms. The average Bonchev–Trinajstić information content (AvgIpc) is 2.68. The number of carbonyl (C=O) groups is 2. The van der Waals surface area contributed by atoms with Gasteiger partial charge in [0.15, 0.2) is 0 Å². The first-order chi connectivity index (χ1) is 13.9. The highest BCUT2D eigenvalue weighted by Gasteiger charge is 2.38. The zero-order valence-electron chi connectivity index (χ0n) is 16.5. The van der Waals surface area contributed by atoms with Crippen molar-refractivity contribution in [2.75, 3.05) is 6.54 Å². The van der Waals surface area contributed by atoms with Gasteiger partial charge in [-0.25, -0.2) is 4.79 Å². The molecule has 1 aliphatic carbocycles. The van der Waals surface area contributed by atoms with Gasteiger partial charge in [0.25, 0.3) is 0 Å². The number of carboxylic acids is 1. The van der Waals surface area contributed by atoms with Crippen molar-refractivity contribution in [2.45, 2.75) is 56.9 Å². The van der Waals surface area contributed by atoms with Gasteiger partial charge in [-0.05, 0) is 68.5 Å². The minimum Gasteiger partial charge on any atom is -0.534 e. The van der Waals surface area contributed by atoms with E-state index in [0.29, 0.717) is 36.8 Å². The van der Waals surface area contributed by atoms with Crippen LogP contribution in [0.25, 0.3) is 0 Å². The summed E-state index contributed by atoms with van der Waals surface area (Å²) < 4.78 is 5.43. The van der Waals surface area contributed by atoms with Crippen LogP contribution in [0.1, 0.15) is 54.4 Å². The summed E-state index contributed by atoms with van der Waals surface area (Å²) in [5.41, 5.74) is 12.4. The number of para-hydroxylation sites is 1. The number of nitrogens with one attached hydrogen (secondary N) is 1. The fraction of sp³-hybridized carbons (Fsp3) is 0.600. The van der Waals surface area contributed by atoms with Gasteiger partial charge in [0.05, 0.1) is 11.5 Å². The second-order valence-electron chi connectivity index (χ2n) is 8.21. The molecule has 1 fully saturated rings. The molecule has 0 spiro atoms. The molecule has 158 valence electrons. The Morgan fingerprint density at radius 2 is 2.00 bits per heavy atom. The predicted octanol–water partition coefficient (Wildman–Crippen LogP) is 0.697. The molecule has 2 aliphatic rings. The molecule has 1 saturated carbocycles. The summed E-state index contributed by atoms with van der Waals surface area (Å²) in [4.78, 5) is 23.8. The molecule has 0 bridgehead atoms. The predicted molar refractivity (Wildman–Crippen MR) is 109 cm³/mol. The van der Waals surface area contributed by atoms with Crippen LogP contribution >= 0.6 is 0 Å². The highest BCUT2D eigenvalue weighted by molar-refractivity contribution is 6.47. The third kappa shape index (κ3) is 5.29. The van der Waals surface area contributed by atoms with Gasteiger partial charge in [-0.2, -0.15) is 0 Å². The molecule has 7 N–H and O–H groups in total. The maximum absolute atomic E-state index is 12.5. The van der Waals surface area contributed by atoms with Gasteiger partial charge in [0.2, 0.25) is 5.91 Å². The van der Waals surface area contributed by atoms with Crippen molar-refractivity contribution in [3.8, 4) is 5.75 Å². The number of fused-ring (bicyclic) bond motifs is 1. The fourth-order valence-electron chi connectivity index (χ4n) is 4.49. The van der Waals surface area contributed by atoms with E-state index in [-0.39, 0.29) is 23.3 Å². The molecule has 3 rings (SSSR count). The summed E-state index contributed by atoms with van der Waals surface area (Å²) in [7, 11) is -1.28. The third-order valence-electron chi connectivity index (χ3n) is 6.17. The third-order valence-corrected chi connectivity index (χ3v) is 6.17. The molecular formula is C20H30BN3O5. The van der Waals surface area contributed by atoms with Crippen molar-refractivity contribution in [1.82, 2.24) is 5.32 Å². The average molecular weight is 403 g/mol. The first kappa shape index (κ1) is 21.6. The van der Waals surface area contributed by atoms with Gasteiger partial charge >= 0.3 is 13.1 Å². The second-order valence-corrected chi connectivity index (χ2v) is 8.21. The number of carboxylic acid groups (broad SMARTS) is 1. The van der Waals surface area contributed by atoms with E-state index in [4.69, 9.17) is 16.1 Å². The normalized spacial score (nSPS) is 24.9. The van der Waals surface area contributed by atoms with E-state index in [9.17, 15) is 19.7 Å². The van der Waals surface area contributed by atoms with Crippen LogP contribution in [-0.4, -0.2) is 47.7 Å². The SMILES string of the molecule is NCCC(N)C1CCC(CC(=O)N[C@H]2Cc3cccc(C(=O)O)c3OB2O)CC1. The van der Waals surface area contributed by atoms with Crippen LogP contribution in [0.15, 0.2) is 18.2 Å². The lowest BCUT2D eigenvalue weighted by atomic mass is 9.72. The Morgan fingerprint density at radius 1 is 1.28 bits per heavy atom. The zero-order valence-corrected chi connectivity index (χ0v) is 16.5. The number of hydrogen-bond donors (Lipinski definition) is 5. The van der Waals surface area contributed by atoms with E-state index >= 15 is 0 Å². The smallest absolute Gasteiger partial charge is 0.534 e. The molecule has 8 nitrogen and oxygen atoms in total. The van der Waals surface area contributed by atoms with E-state index in [2.05, 4.69) is 5.32 Å². The summed E-state index contributed by atoms with van der Waals surface area (Å²) in [6, 6.07) is 4.96. The summed E-state index contributed by atoms with van der Waals surface area (Å²) >= 11 is 0. The number of nitrogens with two attached hydrogens (primary N) is 2. The topological polar surface area (TPSA) is 148 Å². The highest BCUT2D eigenvalue weighted by Crippen LogP contribution is 2.33. The maximum Gasteiger partial charge on any atom is 0.547 e. The van der Waals surface area contributed by atoms with Gasteiger partial charge in [-0.15, -0.1) is 0 Å². The van der Waals surface area contributed by atoms with Crippen molar-refractivity contribution < 1.29 is 24.4 Å². The molecule has 1 aromatic carbocycles. The van der Waals surface area contributed by atoms with E-state index in [1.165, 1.54) is 6.07 Å². The number of carbonyl (C=O) groups excluding carboxylic acids is 1. The molecule has 1 amide bonds. The van der Waals surface area contributed by atoms with E-state index in [1.807, 2.05) is 0 Å². The number of benzene rings is 1. The summed E-state index contributed by atoms with van der Waals surface area (Å²) in [6.07, 6.45) is 5.52. The molecule has 1 heterocycles. The Bertz CT molecular complexity index is 739. The van der Waals surface area contributed by atoms with Gasteiger partial charge in [-0.1, -0.05) is 12.1 Å². The Balaban J connectivity index is 1.52. The van der Waals surface area contributed by atoms with Crippen LogP contribution < -0.4 is 21.4 Å². The number of rotatable bonds is 7. The van der Waals surface area contributed by atoms with Gasteiger partial charge in [-0.3, -0.25) is 4.79 Å². The van der Waals surface area contributed by atoms with Crippen LogP contribution in [0.4, 0.5) is 0 Å². The van der Waals surface area contributed by atoms with Crippen LogP contribution in [0.3, 0.4) is 0 Å². The van der Waals surface area contributed by atoms with Crippen molar-refractivity contribution in [1.29, 1.82) is 0 Å². The first-order valence-corrected chi connectivity index (χ1v) is 10.3. The van der Waals surface area contributed by atoms with Crippen LogP contribution in [0.5, 0.6) is 5.75 Å². The number of aromatic carboxylic acids is 1. The first-order valence-electron chi connectivity index (χ1n) is 10.3. The molecule has 29 heavy (non-hydrogen) atoms. The number of hydrogen-bond acceptors (Lipinski definition) is 6. The van der Waals surface area contributed by atoms with Crippen molar-refractivity contribution >= 4 is 19.0 Å². The van der Waals surface area contributed by atoms with Crippen LogP contribution in [0, 0.1) is 11.8 Å². The molecule has 0 aromatic heterocycles. The molecular weight excluding hydrogens is 373 g/mol. The Kier molecular flexibility index (Phi) is 7.16. The fourth-order valence-corrected chi connectivity index (χ4v) is 4.49. The van der Waals surface area contributed by atoms with Crippen LogP contribution in [-0.2, 0) is 11.2 Å². The van der Waals surface area contributed by atoms with Crippen molar-refractivity contribution in [3.05, 3.63) is 29.3 Å². The summed E-state index contributed by atoms with van der Waals surface area (Å²) in [5.74, 6) is -0.878. The minimum absolute atomic E-state index is 0.0101. The molecule has 0 saturated heterocycles. The van der Waals surface area contributed by atoms with Gasteiger partial charge < -0.3 is 31.6 Å². The quantitative estimate of drug-likeness (QED) is 0.421.